The average Bonchev–Trinajstić information content (AvgIpc) is 2.54. The molecule has 7 heteroatoms. The van der Waals surface area contributed by atoms with Crippen molar-refractivity contribution in [2.45, 2.75) is 52.6 Å². The van der Waals surface area contributed by atoms with E-state index in [0.717, 1.165) is 12.8 Å². The number of benzene rings is 1. The smallest absolute Gasteiger partial charge is 0.407 e. The highest BCUT2D eigenvalue weighted by Gasteiger charge is 2.16. The van der Waals surface area contributed by atoms with E-state index in [1.807, 2.05) is 6.92 Å². The molecule has 0 unspecified atom stereocenters. The lowest BCUT2D eigenvalue weighted by Gasteiger charge is -2.19. The summed E-state index contributed by atoms with van der Waals surface area (Å²) in [4.78, 5) is 35.2. The molecule has 2 amide bonds. The highest BCUT2D eigenvalue weighted by molar-refractivity contribution is 5.93. The van der Waals surface area contributed by atoms with Crippen LogP contribution in [0.1, 0.15) is 57.3 Å². The van der Waals surface area contributed by atoms with Gasteiger partial charge in [-0.15, -0.1) is 0 Å². The SMILES string of the molecule is CCCCOC(=O)c1ccc(NC(=O)CCNC(=O)OC(C)(C)C)cc1. The lowest BCUT2D eigenvalue weighted by Crippen LogP contribution is -2.34. The molecular formula is C19H28N2O5. The van der Waals surface area contributed by atoms with Gasteiger partial charge in [-0.1, -0.05) is 13.3 Å². The average molecular weight is 364 g/mol. The van der Waals surface area contributed by atoms with Crippen LogP contribution >= 0.6 is 0 Å². The Morgan fingerprint density at radius 2 is 1.73 bits per heavy atom. The van der Waals surface area contributed by atoms with Gasteiger partial charge in [0.2, 0.25) is 5.91 Å². The molecule has 0 heterocycles. The zero-order valence-corrected chi connectivity index (χ0v) is 15.9. The first-order chi connectivity index (χ1) is 12.2. The van der Waals surface area contributed by atoms with Crippen molar-refractivity contribution in [2.24, 2.45) is 0 Å². The lowest BCUT2D eigenvalue weighted by atomic mass is 10.2. The van der Waals surface area contributed by atoms with Crippen LogP contribution < -0.4 is 10.6 Å². The molecule has 0 spiro atoms. The van der Waals surface area contributed by atoms with E-state index in [0.29, 0.717) is 17.9 Å². The van der Waals surface area contributed by atoms with Gasteiger partial charge >= 0.3 is 12.1 Å². The second kappa shape index (κ2) is 10.4. The monoisotopic (exact) mass is 364 g/mol. The zero-order chi connectivity index (χ0) is 19.6. The predicted molar refractivity (Wildman–Crippen MR) is 99.1 cm³/mol. The van der Waals surface area contributed by atoms with E-state index in [4.69, 9.17) is 9.47 Å². The third kappa shape index (κ3) is 9.05. The molecule has 0 aliphatic heterocycles. The summed E-state index contributed by atoms with van der Waals surface area (Å²) >= 11 is 0. The summed E-state index contributed by atoms with van der Waals surface area (Å²) in [5.74, 6) is -0.628. The summed E-state index contributed by atoms with van der Waals surface area (Å²) < 4.78 is 10.2. The predicted octanol–water partition coefficient (Wildman–Crippen LogP) is 3.50. The van der Waals surface area contributed by atoms with Gasteiger partial charge in [-0.3, -0.25) is 4.79 Å². The largest absolute Gasteiger partial charge is 0.462 e. The normalized spacial score (nSPS) is 10.8. The first kappa shape index (κ1) is 21.5. The second-order valence-electron chi connectivity index (χ2n) is 6.79. The van der Waals surface area contributed by atoms with Crippen molar-refractivity contribution < 1.29 is 23.9 Å². The standard InChI is InChI=1S/C19H28N2O5/c1-5-6-13-25-17(23)14-7-9-15(10-8-14)21-16(22)11-12-20-18(24)26-19(2,3)4/h7-10H,5-6,11-13H2,1-4H3,(H,20,24)(H,21,22). The zero-order valence-electron chi connectivity index (χ0n) is 15.9. The van der Waals surface area contributed by atoms with Crippen LogP contribution in [0.25, 0.3) is 0 Å². The number of nitrogens with one attached hydrogen (secondary N) is 2. The second-order valence-corrected chi connectivity index (χ2v) is 6.79. The third-order valence-electron chi connectivity index (χ3n) is 3.16. The number of carbonyl (C=O) groups is 3. The Bertz CT molecular complexity index is 605. The van der Waals surface area contributed by atoms with Gasteiger partial charge < -0.3 is 20.1 Å². The molecule has 144 valence electrons. The van der Waals surface area contributed by atoms with Crippen molar-refractivity contribution in [3.05, 3.63) is 29.8 Å². The molecular weight excluding hydrogens is 336 g/mol. The van der Waals surface area contributed by atoms with Crippen molar-refractivity contribution in [3.63, 3.8) is 0 Å². The van der Waals surface area contributed by atoms with Gasteiger partial charge in [0.25, 0.3) is 0 Å². The molecule has 0 saturated carbocycles. The van der Waals surface area contributed by atoms with Crippen LogP contribution in [0.5, 0.6) is 0 Å². The minimum atomic E-state index is -0.578. The molecule has 2 N–H and O–H groups in total. The summed E-state index contributed by atoms with van der Waals surface area (Å²) in [6.45, 7) is 7.89. The quantitative estimate of drug-likeness (QED) is 0.544. The van der Waals surface area contributed by atoms with Gasteiger partial charge in [0.05, 0.1) is 12.2 Å². The number of hydrogen-bond acceptors (Lipinski definition) is 5. The van der Waals surface area contributed by atoms with Crippen LogP contribution in [0.3, 0.4) is 0 Å². The summed E-state index contributed by atoms with van der Waals surface area (Å²) in [7, 11) is 0. The summed E-state index contributed by atoms with van der Waals surface area (Å²) in [6, 6.07) is 6.47. The summed E-state index contributed by atoms with van der Waals surface area (Å²) in [5, 5.41) is 5.22. The number of anilines is 1. The Morgan fingerprint density at radius 1 is 1.08 bits per heavy atom. The summed E-state index contributed by atoms with van der Waals surface area (Å²) in [5.41, 5.74) is 0.425. The van der Waals surface area contributed by atoms with Gasteiger partial charge in [-0.25, -0.2) is 9.59 Å². The van der Waals surface area contributed by atoms with Gasteiger partial charge in [0.1, 0.15) is 5.60 Å². The first-order valence-electron chi connectivity index (χ1n) is 8.75. The molecule has 0 atom stereocenters. The Kier molecular flexibility index (Phi) is 8.61. The van der Waals surface area contributed by atoms with Gasteiger partial charge in [-0.05, 0) is 51.5 Å². The molecule has 0 saturated heterocycles. The van der Waals surface area contributed by atoms with E-state index in [1.165, 1.54) is 0 Å². The van der Waals surface area contributed by atoms with Crippen molar-refractivity contribution in [3.8, 4) is 0 Å². The lowest BCUT2D eigenvalue weighted by molar-refractivity contribution is -0.116. The molecule has 26 heavy (non-hydrogen) atoms. The Morgan fingerprint density at radius 3 is 2.31 bits per heavy atom. The number of alkyl carbamates (subject to hydrolysis) is 1. The Balaban J connectivity index is 2.36. The maximum absolute atomic E-state index is 11.9. The van der Waals surface area contributed by atoms with Crippen molar-refractivity contribution in [2.75, 3.05) is 18.5 Å². The van der Waals surface area contributed by atoms with E-state index in [1.54, 1.807) is 45.0 Å². The number of carbonyl (C=O) groups excluding carboxylic acids is 3. The topological polar surface area (TPSA) is 93.7 Å². The molecule has 0 radical (unpaired) electrons. The summed E-state index contributed by atoms with van der Waals surface area (Å²) in [6.07, 6.45) is 1.34. The van der Waals surface area contributed by atoms with Crippen LogP contribution in [-0.4, -0.2) is 36.7 Å². The van der Waals surface area contributed by atoms with E-state index >= 15 is 0 Å². The van der Waals surface area contributed by atoms with Gasteiger partial charge in [0, 0.05) is 18.7 Å². The van der Waals surface area contributed by atoms with Crippen LogP contribution in [0.4, 0.5) is 10.5 Å². The maximum atomic E-state index is 11.9. The molecule has 1 aromatic rings. The van der Waals surface area contributed by atoms with Crippen LogP contribution in [0.15, 0.2) is 24.3 Å². The molecule has 1 aromatic carbocycles. The first-order valence-corrected chi connectivity index (χ1v) is 8.75. The molecule has 0 aliphatic carbocycles. The molecule has 0 bridgehead atoms. The minimum absolute atomic E-state index is 0.111. The van der Waals surface area contributed by atoms with Gasteiger partial charge in [-0.2, -0.15) is 0 Å². The number of unbranched alkanes of at least 4 members (excludes halogenated alkanes) is 1. The highest BCUT2D eigenvalue weighted by Crippen LogP contribution is 2.11. The number of amides is 2. The van der Waals surface area contributed by atoms with Crippen molar-refractivity contribution in [1.82, 2.24) is 5.32 Å². The fourth-order valence-electron chi connectivity index (χ4n) is 1.90. The molecule has 1 rings (SSSR count). The van der Waals surface area contributed by atoms with Crippen LogP contribution in [0.2, 0.25) is 0 Å². The van der Waals surface area contributed by atoms with Crippen molar-refractivity contribution in [1.29, 1.82) is 0 Å². The number of rotatable bonds is 8. The number of esters is 1. The third-order valence-corrected chi connectivity index (χ3v) is 3.16. The molecule has 0 aliphatic rings. The fraction of sp³-hybridized carbons (Fsp3) is 0.526. The van der Waals surface area contributed by atoms with E-state index in [2.05, 4.69) is 10.6 Å². The fourth-order valence-corrected chi connectivity index (χ4v) is 1.90. The Labute approximate surface area is 154 Å². The van der Waals surface area contributed by atoms with Crippen LogP contribution in [0, 0.1) is 0 Å². The minimum Gasteiger partial charge on any atom is -0.462 e. The molecule has 0 fully saturated rings. The Hall–Kier alpha value is -2.57. The maximum Gasteiger partial charge on any atom is 0.407 e. The van der Waals surface area contributed by atoms with Crippen LogP contribution in [-0.2, 0) is 14.3 Å². The number of hydrogen-bond donors (Lipinski definition) is 2. The molecule has 0 aromatic heterocycles. The van der Waals surface area contributed by atoms with Crippen molar-refractivity contribution >= 4 is 23.7 Å². The molecule has 7 nitrogen and oxygen atoms in total. The number of ether oxygens (including phenoxy) is 2. The highest BCUT2D eigenvalue weighted by atomic mass is 16.6. The van der Waals surface area contributed by atoms with E-state index in [9.17, 15) is 14.4 Å². The van der Waals surface area contributed by atoms with E-state index in [-0.39, 0.29) is 24.8 Å². The van der Waals surface area contributed by atoms with E-state index < -0.39 is 11.7 Å². The van der Waals surface area contributed by atoms with Gasteiger partial charge in [0.15, 0.2) is 0 Å².